The molecule has 0 fully saturated rings. The Bertz CT molecular complexity index is 365. The molecule has 2 rings (SSSR count). The van der Waals surface area contributed by atoms with Crippen LogP contribution in [0.3, 0.4) is 0 Å². The summed E-state index contributed by atoms with van der Waals surface area (Å²) in [5, 5.41) is 12.2. The Labute approximate surface area is 96.4 Å². The second kappa shape index (κ2) is 4.85. The normalized spacial score (nSPS) is 20.3. The Hall–Kier alpha value is -1.06. The van der Waals surface area contributed by atoms with E-state index in [4.69, 9.17) is 9.84 Å². The van der Waals surface area contributed by atoms with Crippen molar-refractivity contribution >= 4 is 0 Å². The van der Waals surface area contributed by atoms with Crippen LogP contribution in [0.15, 0.2) is 18.2 Å². The molecule has 0 amide bonds. The van der Waals surface area contributed by atoms with Crippen LogP contribution in [0.4, 0.5) is 0 Å². The lowest BCUT2D eigenvalue weighted by Gasteiger charge is -2.11. The molecule has 1 aromatic carbocycles. The molecule has 0 bridgehead atoms. The Kier molecular flexibility index (Phi) is 3.46. The van der Waals surface area contributed by atoms with Crippen molar-refractivity contribution in [2.75, 3.05) is 6.61 Å². The number of benzene rings is 1. The average molecular weight is 221 g/mol. The van der Waals surface area contributed by atoms with Crippen LogP contribution in [0.5, 0.6) is 5.75 Å². The van der Waals surface area contributed by atoms with Gasteiger partial charge in [-0.3, -0.25) is 0 Å². The lowest BCUT2D eigenvalue weighted by molar-refractivity contribution is 0.251. The Morgan fingerprint density at radius 3 is 3.12 bits per heavy atom. The molecule has 1 aliphatic rings. The molecule has 88 valence electrons. The zero-order valence-corrected chi connectivity index (χ0v) is 9.86. The van der Waals surface area contributed by atoms with E-state index in [-0.39, 0.29) is 12.6 Å². The third kappa shape index (κ3) is 2.54. The van der Waals surface area contributed by atoms with E-state index in [0.29, 0.717) is 6.10 Å². The number of rotatable bonds is 4. The summed E-state index contributed by atoms with van der Waals surface area (Å²) < 4.78 is 5.65. The first-order valence-electron chi connectivity index (χ1n) is 5.81. The maximum atomic E-state index is 8.92. The van der Waals surface area contributed by atoms with Gasteiger partial charge in [-0.25, -0.2) is 0 Å². The van der Waals surface area contributed by atoms with E-state index in [0.717, 1.165) is 18.7 Å². The molecular formula is C13H19NO2. The van der Waals surface area contributed by atoms with Gasteiger partial charge in [-0.1, -0.05) is 12.1 Å². The highest BCUT2D eigenvalue weighted by Crippen LogP contribution is 2.29. The number of fused-ring (bicyclic) bond motifs is 1. The molecule has 3 heteroatoms. The zero-order chi connectivity index (χ0) is 11.5. The quantitative estimate of drug-likeness (QED) is 0.809. The van der Waals surface area contributed by atoms with Crippen molar-refractivity contribution in [2.45, 2.75) is 39.0 Å². The second-order valence-corrected chi connectivity index (χ2v) is 4.54. The van der Waals surface area contributed by atoms with E-state index in [2.05, 4.69) is 24.4 Å². The molecule has 16 heavy (non-hydrogen) atoms. The van der Waals surface area contributed by atoms with Crippen LogP contribution in [0.1, 0.15) is 25.0 Å². The third-order valence-corrected chi connectivity index (χ3v) is 2.89. The average Bonchev–Trinajstić information content (AvgIpc) is 2.65. The van der Waals surface area contributed by atoms with Crippen LogP contribution in [0.25, 0.3) is 0 Å². The van der Waals surface area contributed by atoms with E-state index in [1.807, 2.05) is 13.0 Å². The molecule has 3 nitrogen and oxygen atoms in total. The van der Waals surface area contributed by atoms with E-state index in [9.17, 15) is 0 Å². The summed E-state index contributed by atoms with van der Waals surface area (Å²) in [5.41, 5.74) is 2.54. The molecule has 2 atom stereocenters. The maximum absolute atomic E-state index is 8.92. The van der Waals surface area contributed by atoms with Gasteiger partial charge in [0.1, 0.15) is 11.9 Å². The second-order valence-electron chi connectivity index (χ2n) is 4.54. The molecular weight excluding hydrogens is 202 g/mol. The summed E-state index contributed by atoms with van der Waals surface area (Å²) >= 11 is 0. The van der Waals surface area contributed by atoms with Crippen molar-refractivity contribution in [1.29, 1.82) is 0 Å². The number of aliphatic hydroxyl groups is 1. The molecule has 0 saturated carbocycles. The third-order valence-electron chi connectivity index (χ3n) is 2.89. The van der Waals surface area contributed by atoms with Gasteiger partial charge in [0.2, 0.25) is 0 Å². The standard InChI is InChI=1S/C13H19NO2/c1-9(8-15)14-7-11-3-4-13-12(6-11)5-10(2)16-13/h3-4,6,9-10,14-15H,5,7-8H2,1-2H3. The highest BCUT2D eigenvalue weighted by atomic mass is 16.5. The number of hydrogen-bond donors (Lipinski definition) is 2. The van der Waals surface area contributed by atoms with Gasteiger partial charge in [0.25, 0.3) is 0 Å². The van der Waals surface area contributed by atoms with E-state index >= 15 is 0 Å². The van der Waals surface area contributed by atoms with Crippen molar-refractivity contribution in [3.63, 3.8) is 0 Å². The molecule has 0 spiro atoms. The van der Waals surface area contributed by atoms with Gasteiger partial charge in [-0.05, 0) is 31.0 Å². The fourth-order valence-electron chi connectivity index (χ4n) is 1.94. The summed E-state index contributed by atoms with van der Waals surface area (Å²) in [5.74, 6) is 1.02. The minimum absolute atomic E-state index is 0.142. The van der Waals surface area contributed by atoms with Crippen LogP contribution in [0.2, 0.25) is 0 Å². The van der Waals surface area contributed by atoms with Crippen LogP contribution in [-0.2, 0) is 13.0 Å². The maximum Gasteiger partial charge on any atom is 0.123 e. The molecule has 0 aliphatic carbocycles. The highest BCUT2D eigenvalue weighted by molar-refractivity contribution is 5.40. The van der Waals surface area contributed by atoms with Gasteiger partial charge in [-0.2, -0.15) is 0 Å². The summed E-state index contributed by atoms with van der Waals surface area (Å²) in [7, 11) is 0. The van der Waals surface area contributed by atoms with Crippen molar-refractivity contribution in [1.82, 2.24) is 5.32 Å². The van der Waals surface area contributed by atoms with Crippen molar-refractivity contribution < 1.29 is 9.84 Å². The lowest BCUT2D eigenvalue weighted by atomic mass is 10.1. The Balaban J connectivity index is 2.00. The lowest BCUT2D eigenvalue weighted by Crippen LogP contribution is -2.28. The fraction of sp³-hybridized carbons (Fsp3) is 0.538. The van der Waals surface area contributed by atoms with Gasteiger partial charge in [0, 0.05) is 19.0 Å². The Morgan fingerprint density at radius 1 is 1.56 bits per heavy atom. The molecule has 2 unspecified atom stereocenters. The first kappa shape index (κ1) is 11.4. The predicted molar refractivity (Wildman–Crippen MR) is 63.6 cm³/mol. The topological polar surface area (TPSA) is 41.5 Å². The van der Waals surface area contributed by atoms with Gasteiger partial charge >= 0.3 is 0 Å². The molecule has 1 aromatic rings. The molecule has 2 N–H and O–H groups in total. The fourth-order valence-corrected chi connectivity index (χ4v) is 1.94. The monoisotopic (exact) mass is 221 g/mol. The van der Waals surface area contributed by atoms with Crippen LogP contribution in [-0.4, -0.2) is 23.9 Å². The van der Waals surface area contributed by atoms with Gasteiger partial charge in [0.15, 0.2) is 0 Å². The van der Waals surface area contributed by atoms with E-state index in [1.54, 1.807) is 0 Å². The summed E-state index contributed by atoms with van der Waals surface area (Å²) in [6.07, 6.45) is 1.30. The van der Waals surface area contributed by atoms with E-state index < -0.39 is 0 Å². The van der Waals surface area contributed by atoms with Gasteiger partial charge in [-0.15, -0.1) is 0 Å². The van der Waals surface area contributed by atoms with Gasteiger partial charge < -0.3 is 15.2 Å². The van der Waals surface area contributed by atoms with Crippen molar-refractivity contribution in [2.24, 2.45) is 0 Å². The minimum atomic E-state index is 0.142. The molecule has 0 saturated heterocycles. The van der Waals surface area contributed by atoms with Crippen LogP contribution in [0, 0.1) is 0 Å². The first-order valence-corrected chi connectivity index (χ1v) is 5.81. The molecule has 0 radical (unpaired) electrons. The van der Waals surface area contributed by atoms with Crippen LogP contribution >= 0.6 is 0 Å². The highest BCUT2D eigenvalue weighted by Gasteiger charge is 2.18. The van der Waals surface area contributed by atoms with Crippen molar-refractivity contribution in [3.05, 3.63) is 29.3 Å². The largest absolute Gasteiger partial charge is 0.490 e. The number of nitrogens with one attached hydrogen (secondary N) is 1. The first-order chi connectivity index (χ1) is 7.69. The number of hydrogen-bond acceptors (Lipinski definition) is 3. The Morgan fingerprint density at radius 2 is 2.38 bits per heavy atom. The van der Waals surface area contributed by atoms with Crippen LogP contribution < -0.4 is 10.1 Å². The van der Waals surface area contributed by atoms with Crippen molar-refractivity contribution in [3.8, 4) is 5.75 Å². The number of ether oxygens (including phenoxy) is 1. The number of aliphatic hydroxyl groups excluding tert-OH is 1. The SMILES string of the molecule is CC(CO)NCc1ccc2c(c1)CC(C)O2. The summed E-state index contributed by atoms with van der Waals surface area (Å²) in [4.78, 5) is 0. The summed E-state index contributed by atoms with van der Waals surface area (Å²) in [6, 6.07) is 6.45. The minimum Gasteiger partial charge on any atom is -0.490 e. The smallest absolute Gasteiger partial charge is 0.123 e. The molecule has 1 heterocycles. The predicted octanol–water partition coefficient (Wildman–Crippen LogP) is 1.48. The zero-order valence-electron chi connectivity index (χ0n) is 9.86. The molecule has 0 aromatic heterocycles. The van der Waals surface area contributed by atoms with E-state index in [1.165, 1.54) is 11.1 Å². The summed E-state index contributed by atoms with van der Waals surface area (Å²) in [6.45, 7) is 5.03. The molecule has 1 aliphatic heterocycles. The van der Waals surface area contributed by atoms with Gasteiger partial charge in [0.05, 0.1) is 6.61 Å².